The number of hydrogen-bond acceptors (Lipinski definition) is 7. The Kier molecular flexibility index (Phi) is 5.38. The largest absolute Gasteiger partial charge is 0.370 e. The lowest BCUT2D eigenvalue weighted by Gasteiger charge is -2.28. The first kappa shape index (κ1) is 19.7. The third-order valence-corrected chi connectivity index (χ3v) is 8.08. The Bertz CT molecular complexity index is 876. The van der Waals surface area contributed by atoms with Gasteiger partial charge in [-0.1, -0.05) is 11.8 Å². The first-order chi connectivity index (χ1) is 13.3. The maximum atomic E-state index is 12.9. The van der Waals surface area contributed by atoms with Gasteiger partial charge in [0.15, 0.2) is 15.0 Å². The molecule has 9 nitrogen and oxygen atoms in total. The number of amides is 2. The highest BCUT2D eigenvalue weighted by molar-refractivity contribution is 7.99. The van der Waals surface area contributed by atoms with Crippen molar-refractivity contribution < 1.29 is 18.0 Å². The van der Waals surface area contributed by atoms with E-state index in [9.17, 15) is 18.0 Å². The Labute approximate surface area is 168 Å². The molecule has 1 aromatic heterocycles. The lowest BCUT2D eigenvalue weighted by molar-refractivity contribution is -0.130. The van der Waals surface area contributed by atoms with E-state index in [0.29, 0.717) is 24.0 Å². The molecule has 0 spiro atoms. The summed E-state index contributed by atoms with van der Waals surface area (Å²) in [4.78, 5) is 25.8. The van der Waals surface area contributed by atoms with Crippen LogP contribution in [-0.2, 0) is 25.8 Å². The highest BCUT2D eigenvalue weighted by Crippen LogP contribution is 2.39. The molecule has 0 radical (unpaired) electrons. The number of hydrogen-bond donors (Lipinski definition) is 1. The lowest BCUT2D eigenvalue weighted by Crippen LogP contribution is -2.43. The van der Waals surface area contributed by atoms with E-state index in [4.69, 9.17) is 5.73 Å². The number of aromatic nitrogens is 3. The van der Waals surface area contributed by atoms with Crippen LogP contribution >= 0.6 is 11.8 Å². The topological polar surface area (TPSA) is 128 Å². The van der Waals surface area contributed by atoms with Crippen LogP contribution in [0.25, 0.3) is 0 Å². The zero-order valence-corrected chi connectivity index (χ0v) is 17.3. The molecular formula is C17H25N5O4S2. The van der Waals surface area contributed by atoms with Crippen LogP contribution in [0.2, 0.25) is 0 Å². The average molecular weight is 428 g/mol. The number of primary amides is 1. The van der Waals surface area contributed by atoms with Crippen LogP contribution in [0.5, 0.6) is 0 Å². The third-order valence-electron chi connectivity index (χ3n) is 5.40. The third kappa shape index (κ3) is 4.51. The number of sulfone groups is 1. The van der Waals surface area contributed by atoms with Crippen LogP contribution < -0.4 is 5.73 Å². The minimum Gasteiger partial charge on any atom is -0.370 e. The van der Waals surface area contributed by atoms with E-state index in [1.54, 1.807) is 0 Å². The maximum Gasteiger partial charge on any atom is 0.233 e. The van der Waals surface area contributed by atoms with Gasteiger partial charge in [-0.25, -0.2) is 8.42 Å². The zero-order chi connectivity index (χ0) is 19.9. The summed E-state index contributed by atoms with van der Waals surface area (Å²) in [6.45, 7) is 0. The van der Waals surface area contributed by atoms with Crippen LogP contribution in [0.4, 0.5) is 0 Å². The fourth-order valence-corrected chi connectivity index (χ4v) is 6.37. The molecule has 1 aliphatic heterocycles. The van der Waals surface area contributed by atoms with Gasteiger partial charge in [0.2, 0.25) is 11.8 Å². The van der Waals surface area contributed by atoms with Crippen LogP contribution in [0.3, 0.4) is 0 Å². The number of carbonyl (C=O) groups is 2. The van der Waals surface area contributed by atoms with Crippen molar-refractivity contribution in [2.75, 3.05) is 17.3 Å². The minimum absolute atomic E-state index is 0.0290. The molecular weight excluding hydrogens is 402 g/mol. The van der Waals surface area contributed by atoms with Crippen LogP contribution in [0, 0.1) is 0 Å². The molecule has 28 heavy (non-hydrogen) atoms. The van der Waals surface area contributed by atoms with Gasteiger partial charge in [-0.3, -0.25) is 9.59 Å². The van der Waals surface area contributed by atoms with Gasteiger partial charge in [0.25, 0.3) is 0 Å². The average Bonchev–Trinajstić information content (AvgIpc) is 3.55. The Morgan fingerprint density at radius 1 is 1.14 bits per heavy atom. The van der Waals surface area contributed by atoms with Gasteiger partial charge in [-0.2, -0.15) is 0 Å². The number of nitrogens with zero attached hydrogens (tertiary/aromatic N) is 4. The Hall–Kier alpha value is -1.62. The fraction of sp³-hybridized carbons (Fsp3) is 0.765. The molecule has 0 bridgehead atoms. The van der Waals surface area contributed by atoms with Crippen molar-refractivity contribution >= 4 is 33.4 Å². The molecule has 2 saturated carbocycles. The molecule has 1 aromatic rings. The van der Waals surface area contributed by atoms with Gasteiger partial charge < -0.3 is 15.2 Å². The maximum absolute atomic E-state index is 12.9. The Balaban J connectivity index is 1.42. The summed E-state index contributed by atoms with van der Waals surface area (Å²) in [5.41, 5.74) is 5.24. The molecule has 4 rings (SSSR count). The van der Waals surface area contributed by atoms with E-state index < -0.39 is 9.84 Å². The number of nitrogens with two attached hydrogens (primary N) is 1. The van der Waals surface area contributed by atoms with Gasteiger partial charge in [0.1, 0.15) is 5.82 Å². The molecule has 0 aromatic carbocycles. The smallest absolute Gasteiger partial charge is 0.233 e. The summed E-state index contributed by atoms with van der Waals surface area (Å²) >= 11 is 1.34. The fourth-order valence-electron chi connectivity index (χ4n) is 3.76. The van der Waals surface area contributed by atoms with E-state index in [1.165, 1.54) is 11.8 Å². The summed E-state index contributed by atoms with van der Waals surface area (Å²) in [7, 11) is -3.03. The van der Waals surface area contributed by atoms with Crippen molar-refractivity contribution in [2.45, 2.75) is 68.2 Å². The molecule has 2 N–H and O–H groups in total. The van der Waals surface area contributed by atoms with E-state index in [-0.39, 0.29) is 47.6 Å². The number of carbonyl (C=O) groups excluding carboxylic acids is 2. The normalized spacial score (nSPS) is 23.6. The van der Waals surface area contributed by atoms with E-state index in [0.717, 1.165) is 31.5 Å². The van der Waals surface area contributed by atoms with E-state index >= 15 is 0 Å². The number of thioether (sulfide) groups is 1. The summed E-state index contributed by atoms with van der Waals surface area (Å²) < 4.78 is 25.7. The molecule has 1 atom stereocenters. The summed E-state index contributed by atoms with van der Waals surface area (Å²) in [5, 5.41) is 9.11. The quantitative estimate of drug-likeness (QED) is 0.561. The molecule has 1 saturated heterocycles. The minimum atomic E-state index is -3.03. The van der Waals surface area contributed by atoms with Crippen molar-refractivity contribution in [2.24, 2.45) is 5.73 Å². The van der Waals surface area contributed by atoms with Gasteiger partial charge in [0, 0.05) is 31.0 Å². The van der Waals surface area contributed by atoms with Gasteiger partial charge in [-0.05, 0) is 32.1 Å². The van der Waals surface area contributed by atoms with Gasteiger partial charge >= 0.3 is 0 Å². The van der Waals surface area contributed by atoms with Crippen molar-refractivity contribution in [3.05, 3.63) is 5.82 Å². The van der Waals surface area contributed by atoms with Crippen molar-refractivity contribution in [1.82, 2.24) is 19.7 Å². The second-order valence-electron chi connectivity index (χ2n) is 7.84. The molecule has 154 valence electrons. The van der Waals surface area contributed by atoms with Crippen molar-refractivity contribution in [3.8, 4) is 0 Å². The number of rotatable bonds is 9. The summed E-state index contributed by atoms with van der Waals surface area (Å²) in [6, 6.07) is 0.312. The lowest BCUT2D eigenvalue weighted by atomic mass is 10.2. The Morgan fingerprint density at radius 2 is 1.89 bits per heavy atom. The highest BCUT2D eigenvalue weighted by Gasteiger charge is 2.42. The van der Waals surface area contributed by atoms with Crippen molar-refractivity contribution in [1.29, 1.82) is 0 Å². The summed E-state index contributed by atoms with van der Waals surface area (Å²) in [6.07, 6.45) is 5.17. The number of aryl methyl sites for hydroxylation is 1. The molecule has 2 heterocycles. The van der Waals surface area contributed by atoms with Gasteiger partial charge in [0.05, 0.1) is 17.3 Å². The molecule has 2 amide bonds. The van der Waals surface area contributed by atoms with Gasteiger partial charge in [-0.15, -0.1) is 10.2 Å². The standard InChI is InChI=1S/C17H25N5O4S2/c18-14(23)5-6-15-19-20-17(22(15)12-3-4-12)27-9-16(24)21(11-1-2-11)13-7-8-28(25,26)10-13/h11-13H,1-10H2,(H2,18,23). The molecule has 1 unspecified atom stereocenters. The van der Waals surface area contributed by atoms with Crippen LogP contribution in [0.1, 0.15) is 50.4 Å². The molecule has 2 aliphatic carbocycles. The monoisotopic (exact) mass is 427 g/mol. The van der Waals surface area contributed by atoms with E-state index in [2.05, 4.69) is 10.2 Å². The van der Waals surface area contributed by atoms with Crippen LogP contribution in [0.15, 0.2) is 5.16 Å². The predicted molar refractivity (Wildman–Crippen MR) is 103 cm³/mol. The van der Waals surface area contributed by atoms with Crippen molar-refractivity contribution in [3.63, 3.8) is 0 Å². The summed E-state index contributed by atoms with van der Waals surface area (Å²) in [5.74, 6) is 0.793. The first-order valence-corrected chi connectivity index (χ1v) is 12.5. The first-order valence-electron chi connectivity index (χ1n) is 9.70. The zero-order valence-electron chi connectivity index (χ0n) is 15.6. The molecule has 3 aliphatic rings. The van der Waals surface area contributed by atoms with E-state index in [1.807, 2.05) is 9.47 Å². The Morgan fingerprint density at radius 3 is 2.46 bits per heavy atom. The van der Waals surface area contributed by atoms with Crippen LogP contribution in [-0.4, -0.2) is 69.2 Å². The highest BCUT2D eigenvalue weighted by atomic mass is 32.2. The predicted octanol–water partition coefficient (Wildman–Crippen LogP) is 0.301. The SMILES string of the molecule is NC(=O)CCc1nnc(SCC(=O)N(C2CC2)C2CCS(=O)(=O)C2)n1C1CC1. The molecule has 3 fully saturated rings. The second-order valence-corrected chi connectivity index (χ2v) is 11.0. The second kappa shape index (κ2) is 7.66. The molecule has 11 heteroatoms.